The minimum atomic E-state index is -0.212. The van der Waals surface area contributed by atoms with Gasteiger partial charge in [-0.1, -0.05) is 0 Å². The lowest BCUT2D eigenvalue weighted by Crippen LogP contribution is -2.47. The van der Waals surface area contributed by atoms with Gasteiger partial charge in [-0.25, -0.2) is 9.18 Å². The van der Waals surface area contributed by atoms with E-state index in [1.54, 1.807) is 22.2 Å². The van der Waals surface area contributed by atoms with Crippen molar-refractivity contribution in [1.29, 1.82) is 0 Å². The number of nitrogens with one attached hydrogen (secondary N) is 2. The van der Waals surface area contributed by atoms with E-state index in [-0.39, 0.29) is 17.5 Å². The number of hydrogen-bond acceptors (Lipinski definition) is 5. The molecule has 3 aliphatic rings. The van der Waals surface area contributed by atoms with Crippen LogP contribution in [0.15, 0.2) is 16.9 Å². The van der Waals surface area contributed by atoms with Crippen LogP contribution in [0.25, 0.3) is 11.0 Å². The van der Waals surface area contributed by atoms with E-state index < -0.39 is 0 Å². The molecule has 1 atom stereocenters. The zero-order valence-corrected chi connectivity index (χ0v) is 18.6. The van der Waals surface area contributed by atoms with E-state index in [1.807, 2.05) is 6.07 Å². The van der Waals surface area contributed by atoms with Crippen molar-refractivity contribution < 1.29 is 4.39 Å². The quantitative estimate of drug-likeness (QED) is 0.771. The maximum absolute atomic E-state index is 15.3. The summed E-state index contributed by atoms with van der Waals surface area (Å²) in [4.78, 5) is 17.7. The first-order chi connectivity index (χ1) is 15.1. The van der Waals surface area contributed by atoms with Crippen LogP contribution in [0.4, 0.5) is 10.1 Å². The molecule has 1 aromatic heterocycles. The Morgan fingerprint density at radius 3 is 2.48 bits per heavy atom. The zero-order valence-electron chi connectivity index (χ0n) is 18.6. The Bertz CT molecular complexity index is 965. The smallest absolute Gasteiger partial charge is 0.329 e. The summed E-state index contributed by atoms with van der Waals surface area (Å²) in [5.41, 5.74) is 2.14. The lowest BCUT2D eigenvalue weighted by atomic mass is 9.95. The number of anilines is 1. The summed E-state index contributed by atoms with van der Waals surface area (Å²) in [6.45, 7) is 9.09. The molecule has 0 amide bonds. The highest BCUT2D eigenvalue weighted by Gasteiger charge is 2.26. The molecule has 3 fully saturated rings. The van der Waals surface area contributed by atoms with Crippen molar-refractivity contribution in [1.82, 2.24) is 24.7 Å². The molecule has 3 aliphatic heterocycles. The number of hydrogen-bond donors (Lipinski definition) is 2. The molecule has 5 rings (SSSR count). The van der Waals surface area contributed by atoms with Gasteiger partial charge in [0.05, 0.1) is 22.8 Å². The third kappa shape index (κ3) is 4.13. The minimum Gasteiger partial charge on any atom is -0.369 e. The van der Waals surface area contributed by atoms with E-state index in [0.717, 1.165) is 95.6 Å². The van der Waals surface area contributed by atoms with Gasteiger partial charge >= 0.3 is 5.69 Å². The molecule has 0 bridgehead atoms. The van der Waals surface area contributed by atoms with Crippen LogP contribution in [-0.4, -0.2) is 72.9 Å². The summed E-state index contributed by atoms with van der Waals surface area (Å²) in [6.07, 6.45) is 4.18. The SMILES string of the molecule is Cn1c(=O)n(C2CCCNC2)c2cc(F)c(N3CCC(CN4CCNCC4)CC3)cc21. The number of piperidine rings is 2. The maximum Gasteiger partial charge on any atom is 0.329 e. The van der Waals surface area contributed by atoms with Crippen LogP contribution < -0.4 is 21.2 Å². The Hall–Kier alpha value is -1.90. The van der Waals surface area contributed by atoms with Gasteiger partial charge in [-0.05, 0) is 44.2 Å². The van der Waals surface area contributed by atoms with Crippen molar-refractivity contribution in [2.75, 3.05) is 63.8 Å². The third-order valence-corrected chi connectivity index (χ3v) is 7.48. The van der Waals surface area contributed by atoms with E-state index in [4.69, 9.17) is 0 Å². The molecule has 170 valence electrons. The highest BCUT2D eigenvalue weighted by Crippen LogP contribution is 2.31. The van der Waals surface area contributed by atoms with E-state index in [1.165, 1.54) is 0 Å². The van der Waals surface area contributed by atoms with Gasteiger partial charge in [-0.3, -0.25) is 9.13 Å². The van der Waals surface area contributed by atoms with Gasteiger partial charge in [-0.2, -0.15) is 0 Å². The molecule has 0 aliphatic carbocycles. The summed E-state index contributed by atoms with van der Waals surface area (Å²) in [5.74, 6) is 0.474. The summed E-state index contributed by atoms with van der Waals surface area (Å²) in [5, 5.41) is 6.78. The predicted octanol–water partition coefficient (Wildman–Crippen LogP) is 1.53. The van der Waals surface area contributed by atoms with Crippen molar-refractivity contribution in [3.8, 4) is 0 Å². The van der Waals surface area contributed by atoms with Gasteiger partial charge in [0, 0.05) is 65.5 Å². The lowest BCUT2D eigenvalue weighted by molar-refractivity contribution is 0.190. The van der Waals surface area contributed by atoms with Crippen LogP contribution in [0.1, 0.15) is 31.7 Å². The summed E-state index contributed by atoms with van der Waals surface area (Å²) >= 11 is 0. The highest BCUT2D eigenvalue weighted by molar-refractivity contribution is 5.81. The number of fused-ring (bicyclic) bond motifs is 1. The van der Waals surface area contributed by atoms with E-state index in [0.29, 0.717) is 11.6 Å². The molecular weight excluding hydrogens is 395 g/mol. The van der Waals surface area contributed by atoms with Crippen molar-refractivity contribution >= 4 is 16.7 Å². The second-order valence-corrected chi connectivity index (χ2v) is 9.49. The van der Waals surface area contributed by atoms with Gasteiger partial charge in [0.1, 0.15) is 5.82 Å². The molecule has 0 spiro atoms. The first-order valence-corrected chi connectivity index (χ1v) is 11.9. The molecular formula is C23H35FN6O. The minimum absolute atomic E-state index is 0.0463. The molecule has 3 saturated heterocycles. The zero-order chi connectivity index (χ0) is 21.4. The predicted molar refractivity (Wildman–Crippen MR) is 123 cm³/mol. The number of rotatable bonds is 4. The van der Waals surface area contributed by atoms with E-state index in [2.05, 4.69) is 20.4 Å². The Morgan fingerprint density at radius 2 is 1.77 bits per heavy atom. The van der Waals surface area contributed by atoms with Gasteiger partial charge < -0.3 is 20.4 Å². The maximum atomic E-state index is 15.3. The summed E-state index contributed by atoms with van der Waals surface area (Å²) in [7, 11) is 1.80. The number of nitrogens with zero attached hydrogens (tertiary/aromatic N) is 4. The average Bonchev–Trinajstić information content (AvgIpc) is 3.04. The van der Waals surface area contributed by atoms with Crippen LogP contribution in [0.5, 0.6) is 0 Å². The van der Waals surface area contributed by atoms with Crippen molar-refractivity contribution in [3.63, 3.8) is 0 Å². The Balaban J connectivity index is 1.34. The van der Waals surface area contributed by atoms with Gasteiger partial charge in [0.25, 0.3) is 0 Å². The largest absolute Gasteiger partial charge is 0.369 e. The Labute approximate surface area is 183 Å². The number of piperazine rings is 1. The number of aromatic nitrogens is 2. The van der Waals surface area contributed by atoms with Crippen LogP contribution in [-0.2, 0) is 7.05 Å². The molecule has 7 nitrogen and oxygen atoms in total. The van der Waals surface area contributed by atoms with Crippen molar-refractivity contribution in [2.24, 2.45) is 13.0 Å². The molecule has 2 N–H and O–H groups in total. The normalized spacial score (nSPS) is 24.2. The van der Waals surface area contributed by atoms with Crippen molar-refractivity contribution in [3.05, 3.63) is 28.4 Å². The molecule has 0 saturated carbocycles. The first kappa shape index (κ1) is 21.0. The number of halogens is 1. The highest BCUT2D eigenvalue weighted by atomic mass is 19.1. The molecule has 0 radical (unpaired) electrons. The monoisotopic (exact) mass is 430 g/mol. The Kier molecular flexibility index (Phi) is 6.03. The molecule has 2 aromatic rings. The van der Waals surface area contributed by atoms with Gasteiger partial charge in [0.2, 0.25) is 0 Å². The number of imidazole rings is 1. The second-order valence-electron chi connectivity index (χ2n) is 9.49. The average molecular weight is 431 g/mol. The Morgan fingerprint density at radius 1 is 1.00 bits per heavy atom. The molecule has 31 heavy (non-hydrogen) atoms. The molecule has 1 unspecified atom stereocenters. The lowest BCUT2D eigenvalue weighted by Gasteiger charge is -2.37. The van der Waals surface area contributed by atoms with Crippen LogP contribution in [0.3, 0.4) is 0 Å². The van der Waals surface area contributed by atoms with Crippen LogP contribution in [0.2, 0.25) is 0 Å². The fourth-order valence-electron chi connectivity index (χ4n) is 5.63. The standard InChI is InChI=1S/C23H35FN6O/c1-27-21-14-20(29-9-4-17(5-10-29)16-28-11-7-25-8-12-28)19(24)13-22(21)30(23(27)31)18-3-2-6-26-15-18/h13-14,17-18,25-26H,2-12,15-16H2,1H3. The second kappa shape index (κ2) is 8.92. The third-order valence-electron chi connectivity index (χ3n) is 7.48. The number of benzene rings is 1. The molecule has 4 heterocycles. The van der Waals surface area contributed by atoms with E-state index in [9.17, 15) is 4.79 Å². The summed E-state index contributed by atoms with van der Waals surface area (Å²) < 4.78 is 18.7. The summed E-state index contributed by atoms with van der Waals surface area (Å²) in [6, 6.07) is 3.58. The van der Waals surface area contributed by atoms with E-state index >= 15 is 4.39 Å². The van der Waals surface area contributed by atoms with Crippen LogP contribution >= 0.6 is 0 Å². The van der Waals surface area contributed by atoms with Crippen molar-refractivity contribution in [2.45, 2.75) is 31.7 Å². The fourth-order valence-corrected chi connectivity index (χ4v) is 5.63. The van der Waals surface area contributed by atoms with Gasteiger partial charge in [0.15, 0.2) is 0 Å². The van der Waals surface area contributed by atoms with Gasteiger partial charge in [-0.15, -0.1) is 0 Å². The van der Waals surface area contributed by atoms with Crippen LogP contribution in [0, 0.1) is 11.7 Å². The topological polar surface area (TPSA) is 57.5 Å². The molecule has 8 heteroatoms. The first-order valence-electron chi connectivity index (χ1n) is 11.9. The number of aryl methyl sites for hydroxylation is 1. The molecule has 1 aromatic carbocycles. The fraction of sp³-hybridized carbons (Fsp3) is 0.696.